The van der Waals surface area contributed by atoms with Crippen molar-refractivity contribution >= 4 is 28.5 Å². The van der Waals surface area contributed by atoms with Gasteiger partial charge in [-0.25, -0.2) is 19.6 Å². The van der Waals surface area contributed by atoms with Crippen LogP contribution >= 0.6 is 0 Å². The maximum absolute atomic E-state index is 13.1. The number of benzene rings is 2. The lowest BCUT2D eigenvalue weighted by Gasteiger charge is -2.13. The van der Waals surface area contributed by atoms with E-state index in [1.807, 2.05) is 25.1 Å². The first-order chi connectivity index (χ1) is 16.9. The van der Waals surface area contributed by atoms with E-state index in [2.05, 4.69) is 15.5 Å². The molecule has 0 saturated carbocycles. The molecule has 0 spiro atoms. The van der Waals surface area contributed by atoms with Crippen molar-refractivity contribution in [2.45, 2.75) is 33.1 Å². The number of aryl methyl sites for hydroxylation is 2. The first-order valence-corrected chi connectivity index (χ1v) is 11.2. The number of nitrogens with one attached hydrogen (secondary N) is 1. The Labute approximate surface area is 200 Å². The normalized spacial score (nSPS) is 14.1. The molecule has 4 aromatic rings. The Bertz CT molecular complexity index is 1490. The van der Waals surface area contributed by atoms with Crippen LogP contribution in [0.25, 0.3) is 10.9 Å². The molecule has 7 nitrogen and oxygen atoms in total. The number of carbonyl (C=O) groups excluding carboxylic acids is 2. The number of amides is 1. The average Bonchev–Trinajstić information content (AvgIpc) is 3.20. The zero-order valence-electron chi connectivity index (χ0n) is 19.2. The largest absolute Gasteiger partial charge is 0.453 e. The molecular formula is C27H22FN3O4. The molecule has 2 heterocycles. The highest BCUT2D eigenvalue weighted by atomic mass is 19.1. The Morgan fingerprint density at radius 1 is 1.06 bits per heavy atom. The molecule has 2 aromatic heterocycles. The Hall–Kier alpha value is -4.33. The summed E-state index contributed by atoms with van der Waals surface area (Å²) in [5.74, 6) is -0.425. The van der Waals surface area contributed by atoms with Gasteiger partial charge in [0.2, 0.25) is 5.76 Å². The summed E-state index contributed by atoms with van der Waals surface area (Å²) in [4.78, 5) is 30.0. The molecule has 1 amide bonds. The molecule has 2 aromatic carbocycles. The molecule has 1 aliphatic carbocycles. The molecular weight excluding hydrogens is 449 g/mol. The van der Waals surface area contributed by atoms with Gasteiger partial charge < -0.3 is 9.15 Å². The Morgan fingerprint density at radius 2 is 1.86 bits per heavy atom. The van der Waals surface area contributed by atoms with Crippen molar-refractivity contribution in [3.63, 3.8) is 0 Å². The third kappa shape index (κ3) is 4.42. The fourth-order valence-electron chi connectivity index (χ4n) is 4.20. The van der Waals surface area contributed by atoms with Crippen molar-refractivity contribution < 1.29 is 23.1 Å². The van der Waals surface area contributed by atoms with E-state index >= 15 is 0 Å². The van der Waals surface area contributed by atoms with Gasteiger partial charge in [-0.3, -0.25) is 4.79 Å². The van der Waals surface area contributed by atoms with Crippen LogP contribution in [0.15, 0.2) is 64.1 Å². The van der Waals surface area contributed by atoms with Gasteiger partial charge in [0.1, 0.15) is 17.1 Å². The zero-order chi connectivity index (χ0) is 24.5. The molecule has 1 N–H and O–H groups in total. The van der Waals surface area contributed by atoms with E-state index in [0.717, 1.165) is 17.5 Å². The number of para-hydroxylation sites is 1. The molecule has 0 atom stereocenters. The van der Waals surface area contributed by atoms with E-state index in [9.17, 15) is 14.0 Å². The van der Waals surface area contributed by atoms with Gasteiger partial charge in [-0.1, -0.05) is 18.2 Å². The van der Waals surface area contributed by atoms with Gasteiger partial charge in [0.25, 0.3) is 5.91 Å². The predicted octanol–water partition coefficient (Wildman–Crippen LogP) is 5.27. The lowest BCUT2D eigenvalue weighted by molar-refractivity contribution is 0.0700. The second-order valence-electron chi connectivity index (χ2n) is 8.38. The number of nitrogens with zero attached hydrogens (tertiary/aromatic N) is 2. The smallest absolute Gasteiger partial charge is 0.380 e. The lowest BCUT2D eigenvalue weighted by atomic mass is 9.93. The van der Waals surface area contributed by atoms with Crippen molar-refractivity contribution in [2.75, 3.05) is 0 Å². The summed E-state index contributed by atoms with van der Waals surface area (Å²) in [7, 11) is 0. The molecule has 5 rings (SSSR count). The summed E-state index contributed by atoms with van der Waals surface area (Å²) in [5.41, 5.74) is 6.14. The van der Waals surface area contributed by atoms with Crippen LogP contribution in [0.1, 0.15) is 56.3 Å². The number of rotatable bonds is 4. The number of carbonyl (C=O) groups is 2. The Kier molecular flexibility index (Phi) is 5.86. The monoisotopic (exact) mass is 471 g/mol. The summed E-state index contributed by atoms with van der Waals surface area (Å²) in [5, 5.41) is 5.16. The highest BCUT2D eigenvalue weighted by Crippen LogP contribution is 2.31. The van der Waals surface area contributed by atoms with Gasteiger partial charge in [-0.2, -0.15) is 5.10 Å². The SMILES string of the molecule is Cc1ccc2cccc(OC(=O)c3oc4c(c3C)/C(=N/NC(=O)c3ccc(F)cc3)CCC4)c2n1. The van der Waals surface area contributed by atoms with E-state index in [0.29, 0.717) is 52.3 Å². The van der Waals surface area contributed by atoms with E-state index in [1.54, 1.807) is 19.1 Å². The number of hydrogen-bond acceptors (Lipinski definition) is 6. The number of pyridine rings is 1. The quantitative estimate of drug-likeness (QED) is 0.249. The summed E-state index contributed by atoms with van der Waals surface area (Å²) >= 11 is 0. The fraction of sp³-hybridized carbons (Fsp3) is 0.185. The van der Waals surface area contributed by atoms with Gasteiger partial charge in [0.15, 0.2) is 5.75 Å². The van der Waals surface area contributed by atoms with Crippen LogP contribution < -0.4 is 10.2 Å². The molecule has 35 heavy (non-hydrogen) atoms. The van der Waals surface area contributed by atoms with E-state index in [-0.39, 0.29) is 5.76 Å². The third-order valence-electron chi connectivity index (χ3n) is 5.94. The number of esters is 1. The first-order valence-electron chi connectivity index (χ1n) is 11.2. The van der Waals surface area contributed by atoms with Crippen molar-refractivity contribution in [1.82, 2.24) is 10.4 Å². The van der Waals surface area contributed by atoms with Crippen LogP contribution in [0.4, 0.5) is 4.39 Å². The molecule has 0 unspecified atom stereocenters. The van der Waals surface area contributed by atoms with Crippen LogP contribution in [0.3, 0.4) is 0 Å². The van der Waals surface area contributed by atoms with Crippen molar-refractivity contribution in [3.05, 3.63) is 94.3 Å². The fourth-order valence-corrected chi connectivity index (χ4v) is 4.20. The molecule has 0 radical (unpaired) electrons. The number of hydrazone groups is 1. The van der Waals surface area contributed by atoms with Crippen LogP contribution in [0, 0.1) is 19.7 Å². The molecule has 1 aliphatic rings. The van der Waals surface area contributed by atoms with Gasteiger partial charge in [0.05, 0.1) is 5.71 Å². The van der Waals surface area contributed by atoms with Crippen molar-refractivity contribution in [3.8, 4) is 5.75 Å². The van der Waals surface area contributed by atoms with Crippen LogP contribution in [0.5, 0.6) is 5.75 Å². The number of furan rings is 1. The minimum Gasteiger partial charge on any atom is -0.453 e. The third-order valence-corrected chi connectivity index (χ3v) is 5.94. The topological polar surface area (TPSA) is 93.8 Å². The van der Waals surface area contributed by atoms with Crippen molar-refractivity contribution in [1.29, 1.82) is 0 Å². The van der Waals surface area contributed by atoms with E-state index in [4.69, 9.17) is 9.15 Å². The molecule has 0 fully saturated rings. The molecule has 0 bridgehead atoms. The molecule has 8 heteroatoms. The summed E-state index contributed by atoms with van der Waals surface area (Å²) in [6, 6.07) is 14.4. The van der Waals surface area contributed by atoms with Crippen LogP contribution in [-0.4, -0.2) is 22.6 Å². The van der Waals surface area contributed by atoms with Gasteiger partial charge >= 0.3 is 5.97 Å². The minimum atomic E-state index is -0.623. The van der Waals surface area contributed by atoms with Gasteiger partial charge in [0, 0.05) is 34.2 Å². The molecule has 176 valence electrons. The Morgan fingerprint density at radius 3 is 2.66 bits per heavy atom. The van der Waals surface area contributed by atoms with Gasteiger partial charge in [-0.05, 0) is 63.1 Å². The minimum absolute atomic E-state index is 0.0964. The molecule has 0 aliphatic heterocycles. The number of hydrogen-bond donors (Lipinski definition) is 1. The van der Waals surface area contributed by atoms with E-state index in [1.165, 1.54) is 24.3 Å². The maximum Gasteiger partial charge on any atom is 0.380 e. The van der Waals surface area contributed by atoms with Gasteiger partial charge in [-0.15, -0.1) is 0 Å². The number of fused-ring (bicyclic) bond motifs is 2. The van der Waals surface area contributed by atoms with Crippen LogP contribution in [0.2, 0.25) is 0 Å². The number of aromatic nitrogens is 1. The van der Waals surface area contributed by atoms with E-state index < -0.39 is 17.7 Å². The average molecular weight is 471 g/mol. The zero-order valence-corrected chi connectivity index (χ0v) is 19.2. The standard InChI is InChI=1S/C27H22FN3O4/c1-15-9-10-17-5-3-8-22(24(17)29-15)35-27(33)25-16(2)23-20(6-4-7-21(23)34-25)30-31-26(32)18-11-13-19(28)14-12-18/h3,5,8-14H,4,6-7H2,1-2H3,(H,31,32)/b30-20+. The van der Waals surface area contributed by atoms with Crippen molar-refractivity contribution in [2.24, 2.45) is 5.10 Å². The molecule has 0 saturated heterocycles. The summed E-state index contributed by atoms with van der Waals surface area (Å²) in [6.45, 7) is 3.64. The lowest BCUT2D eigenvalue weighted by Crippen LogP contribution is -2.22. The number of ether oxygens (including phenoxy) is 1. The highest BCUT2D eigenvalue weighted by molar-refractivity contribution is 6.07. The van der Waals surface area contributed by atoms with Crippen LogP contribution in [-0.2, 0) is 6.42 Å². The number of halogens is 1. The Balaban J connectivity index is 1.41. The summed E-state index contributed by atoms with van der Waals surface area (Å²) < 4.78 is 24.7. The highest BCUT2D eigenvalue weighted by Gasteiger charge is 2.29. The summed E-state index contributed by atoms with van der Waals surface area (Å²) in [6.07, 6.45) is 2.01. The second-order valence-corrected chi connectivity index (χ2v) is 8.38. The predicted molar refractivity (Wildman–Crippen MR) is 128 cm³/mol. The second kappa shape index (κ2) is 9.13. The maximum atomic E-state index is 13.1. The first kappa shape index (κ1) is 22.5.